The fourth-order valence-electron chi connectivity index (χ4n) is 2.00. The summed E-state index contributed by atoms with van der Waals surface area (Å²) in [5, 5.41) is 11.9. The topological polar surface area (TPSA) is 56.5 Å². The fourth-order valence-corrected chi connectivity index (χ4v) is 2.77. The fraction of sp³-hybridized carbons (Fsp3) is 0.200. The van der Waals surface area contributed by atoms with Crippen LogP contribution < -0.4 is 0 Å². The van der Waals surface area contributed by atoms with Crippen molar-refractivity contribution in [1.29, 1.82) is 0 Å². The number of thiazole rings is 1. The monoisotopic (exact) mass is 297 g/mol. The van der Waals surface area contributed by atoms with Crippen LogP contribution >= 0.6 is 11.3 Å². The number of hydrogen-bond acceptors (Lipinski definition) is 5. The molecule has 0 atom stereocenters. The van der Waals surface area contributed by atoms with Gasteiger partial charge in [0.1, 0.15) is 0 Å². The van der Waals surface area contributed by atoms with E-state index in [9.17, 15) is 0 Å². The van der Waals surface area contributed by atoms with Crippen molar-refractivity contribution in [2.75, 3.05) is 0 Å². The highest BCUT2D eigenvalue weighted by Crippen LogP contribution is 2.14. The average molecular weight is 297 g/mol. The summed E-state index contributed by atoms with van der Waals surface area (Å²) in [5.74, 6) is 0.765. The Morgan fingerprint density at radius 3 is 2.81 bits per heavy atom. The lowest BCUT2D eigenvalue weighted by molar-refractivity contribution is 0.587. The van der Waals surface area contributed by atoms with Crippen LogP contribution in [0.2, 0.25) is 0 Å². The van der Waals surface area contributed by atoms with E-state index in [0.717, 1.165) is 30.0 Å². The molecule has 0 aliphatic heterocycles. The van der Waals surface area contributed by atoms with Crippen molar-refractivity contribution in [3.63, 3.8) is 0 Å². The zero-order chi connectivity index (χ0) is 14.5. The van der Waals surface area contributed by atoms with Crippen LogP contribution in [0.15, 0.2) is 35.8 Å². The van der Waals surface area contributed by atoms with Crippen LogP contribution in [0.3, 0.4) is 0 Å². The first kappa shape index (κ1) is 13.6. The molecule has 2 heterocycles. The minimum atomic E-state index is 0.754. The Morgan fingerprint density at radius 2 is 2.05 bits per heavy atom. The zero-order valence-corrected chi connectivity index (χ0v) is 12.5. The number of aromatic nitrogens is 5. The summed E-state index contributed by atoms with van der Waals surface area (Å²) >= 11 is 1.68. The van der Waals surface area contributed by atoms with Crippen molar-refractivity contribution in [3.8, 4) is 0 Å². The van der Waals surface area contributed by atoms with Gasteiger partial charge in [-0.2, -0.15) is 0 Å². The molecule has 0 bridgehead atoms. The summed E-state index contributed by atoms with van der Waals surface area (Å²) in [6, 6.07) is 10.1. The van der Waals surface area contributed by atoms with Crippen LogP contribution in [0.25, 0.3) is 12.2 Å². The molecule has 2 aromatic heterocycles. The third-order valence-corrected chi connectivity index (χ3v) is 4.17. The zero-order valence-electron chi connectivity index (χ0n) is 11.7. The van der Waals surface area contributed by atoms with E-state index in [1.54, 1.807) is 11.3 Å². The Labute approximate surface area is 127 Å². The largest absolute Gasteiger partial charge is 0.250 e. The smallest absolute Gasteiger partial charge is 0.174 e. The van der Waals surface area contributed by atoms with Gasteiger partial charge >= 0.3 is 0 Å². The number of nitrogens with zero attached hydrogens (tertiary/aromatic N) is 5. The quantitative estimate of drug-likeness (QED) is 0.726. The Hall–Kier alpha value is -2.34. The molecule has 0 saturated carbocycles. The maximum atomic E-state index is 4.26. The molecule has 3 aromatic rings. The Kier molecular flexibility index (Phi) is 4.16. The van der Waals surface area contributed by atoms with E-state index in [1.807, 2.05) is 59.6 Å². The van der Waals surface area contributed by atoms with Gasteiger partial charge in [-0.15, -0.1) is 16.4 Å². The van der Waals surface area contributed by atoms with Crippen molar-refractivity contribution >= 4 is 23.5 Å². The van der Waals surface area contributed by atoms with Gasteiger partial charge in [0.15, 0.2) is 5.82 Å². The molecule has 0 unspecified atom stereocenters. The van der Waals surface area contributed by atoms with Crippen LogP contribution in [0, 0.1) is 6.92 Å². The molecule has 0 radical (unpaired) electrons. The molecule has 0 amide bonds. The molecule has 0 spiro atoms. The van der Waals surface area contributed by atoms with Gasteiger partial charge in [0.2, 0.25) is 0 Å². The SMILES string of the molecule is Cc1ncsc1CCn1nnnc1C=Cc1ccccc1. The minimum Gasteiger partial charge on any atom is -0.250 e. The number of tetrazole rings is 1. The maximum absolute atomic E-state index is 4.26. The molecule has 0 N–H and O–H groups in total. The first-order chi connectivity index (χ1) is 10.3. The Morgan fingerprint density at radius 1 is 1.19 bits per heavy atom. The lowest BCUT2D eigenvalue weighted by atomic mass is 10.2. The number of aryl methyl sites for hydroxylation is 3. The minimum absolute atomic E-state index is 0.754. The second-order valence-electron chi connectivity index (χ2n) is 4.62. The van der Waals surface area contributed by atoms with E-state index in [-0.39, 0.29) is 0 Å². The normalized spacial score (nSPS) is 11.3. The molecule has 0 aliphatic rings. The summed E-state index contributed by atoms with van der Waals surface area (Å²) in [5.41, 5.74) is 4.10. The second kappa shape index (κ2) is 6.41. The molecular weight excluding hydrogens is 282 g/mol. The van der Waals surface area contributed by atoms with Gasteiger partial charge in [-0.25, -0.2) is 9.67 Å². The van der Waals surface area contributed by atoms with Gasteiger partial charge in [-0.3, -0.25) is 0 Å². The number of rotatable bonds is 5. The van der Waals surface area contributed by atoms with Crippen molar-refractivity contribution in [1.82, 2.24) is 25.2 Å². The summed E-state index contributed by atoms with van der Waals surface area (Å²) in [4.78, 5) is 5.54. The standard InChI is InChI=1S/C15H15N5S/c1-12-14(21-11-16-12)9-10-20-15(17-18-19-20)8-7-13-5-3-2-4-6-13/h2-8,11H,9-10H2,1H3. The van der Waals surface area contributed by atoms with Crippen molar-refractivity contribution < 1.29 is 0 Å². The third-order valence-electron chi connectivity index (χ3n) is 3.18. The van der Waals surface area contributed by atoms with E-state index < -0.39 is 0 Å². The van der Waals surface area contributed by atoms with Crippen LogP contribution in [0.1, 0.15) is 22.0 Å². The molecule has 5 nitrogen and oxygen atoms in total. The molecule has 6 heteroatoms. The first-order valence-electron chi connectivity index (χ1n) is 6.71. The van der Waals surface area contributed by atoms with E-state index >= 15 is 0 Å². The predicted molar refractivity (Wildman–Crippen MR) is 83.7 cm³/mol. The van der Waals surface area contributed by atoms with Crippen LogP contribution in [0.4, 0.5) is 0 Å². The highest BCUT2D eigenvalue weighted by Gasteiger charge is 2.06. The highest BCUT2D eigenvalue weighted by atomic mass is 32.1. The average Bonchev–Trinajstić information content (AvgIpc) is 3.13. The lowest BCUT2D eigenvalue weighted by Crippen LogP contribution is -2.05. The second-order valence-corrected chi connectivity index (χ2v) is 5.55. The molecule has 3 rings (SSSR count). The summed E-state index contributed by atoms with van der Waals surface area (Å²) < 4.78 is 1.82. The number of benzene rings is 1. The molecule has 21 heavy (non-hydrogen) atoms. The highest BCUT2D eigenvalue weighted by molar-refractivity contribution is 7.09. The van der Waals surface area contributed by atoms with Crippen molar-refractivity contribution in [2.24, 2.45) is 0 Å². The predicted octanol–water partition coefficient (Wildman–Crippen LogP) is 2.85. The van der Waals surface area contributed by atoms with Crippen LogP contribution in [-0.2, 0) is 13.0 Å². The van der Waals surface area contributed by atoms with Gasteiger partial charge in [-0.1, -0.05) is 36.4 Å². The molecule has 0 aliphatic carbocycles. The van der Waals surface area contributed by atoms with E-state index in [0.29, 0.717) is 0 Å². The number of hydrogen-bond donors (Lipinski definition) is 0. The molecule has 1 aromatic carbocycles. The van der Waals surface area contributed by atoms with Gasteiger partial charge in [0.25, 0.3) is 0 Å². The Balaban J connectivity index is 1.69. The van der Waals surface area contributed by atoms with E-state index in [4.69, 9.17) is 0 Å². The van der Waals surface area contributed by atoms with Gasteiger partial charge < -0.3 is 0 Å². The van der Waals surface area contributed by atoms with Gasteiger partial charge in [-0.05, 0) is 29.0 Å². The van der Waals surface area contributed by atoms with Gasteiger partial charge in [0, 0.05) is 17.8 Å². The summed E-state index contributed by atoms with van der Waals surface area (Å²) in [7, 11) is 0. The molecule has 0 fully saturated rings. The van der Waals surface area contributed by atoms with Crippen molar-refractivity contribution in [2.45, 2.75) is 19.9 Å². The van der Waals surface area contributed by atoms with Gasteiger partial charge in [0.05, 0.1) is 11.2 Å². The van der Waals surface area contributed by atoms with E-state index in [1.165, 1.54) is 4.88 Å². The van der Waals surface area contributed by atoms with E-state index in [2.05, 4.69) is 20.5 Å². The van der Waals surface area contributed by atoms with Crippen LogP contribution in [0.5, 0.6) is 0 Å². The lowest BCUT2D eigenvalue weighted by Gasteiger charge is -2.01. The summed E-state index contributed by atoms with van der Waals surface area (Å²) in [6.07, 6.45) is 4.85. The molecule has 106 valence electrons. The van der Waals surface area contributed by atoms with Crippen LogP contribution in [-0.4, -0.2) is 25.2 Å². The third kappa shape index (κ3) is 3.41. The Bertz CT molecular complexity index is 729. The maximum Gasteiger partial charge on any atom is 0.174 e. The van der Waals surface area contributed by atoms with Crippen molar-refractivity contribution in [3.05, 3.63) is 57.8 Å². The summed E-state index contributed by atoms with van der Waals surface area (Å²) in [6.45, 7) is 2.78. The first-order valence-corrected chi connectivity index (χ1v) is 7.59. The molecular formula is C15H15N5S. The molecule has 0 saturated heterocycles.